The number of hydrogen-bond donors (Lipinski definition) is 3. The summed E-state index contributed by atoms with van der Waals surface area (Å²) in [6.07, 6.45) is 3.68. The molecule has 0 heterocycles. The van der Waals surface area contributed by atoms with Crippen molar-refractivity contribution in [1.82, 2.24) is 10.6 Å². The number of guanidine groups is 1. The van der Waals surface area contributed by atoms with Crippen molar-refractivity contribution in [2.75, 3.05) is 32.6 Å². The smallest absolute Gasteiger partial charge is 0.191 e. The highest BCUT2D eigenvalue weighted by Gasteiger charge is 2.25. The normalized spacial score (nSPS) is 19.1. The molecule has 2 atom stereocenters. The standard InChI is InChI=1S/C20H33N3O3S.HI/c1-4-21-20(23-16-7-8-17(13-16)27-5-2)22-14-15-6-9-18(26-11-10-24)19(12-15)25-3;/h6,9,12,16-17,24H,4-5,7-8,10-11,13-14H2,1-3H3,(H2,21,22,23);1H. The quantitative estimate of drug-likeness (QED) is 0.248. The summed E-state index contributed by atoms with van der Waals surface area (Å²) in [7, 11) is 1.62. The van der Waals surface area contributed by atoms with Crippen LogP contribution in [0.5, 0.6) is 11.5 Å². The number of thioether (sulfide) groups is 1. The van der Waals surface area contributed by atoms with Gasteiger partial charge in [-0.2, -0.15) is 11.8 Å². The van der Waals surface area contributed by atoms with E-state index in [2.05, 4.69) is 36.2 Å². The minimum absolute atomic E-state index is 0. The van der Waals surface area contributed by atoms with Crippen LogP contribution in [0.1, 0.15) is 38.7 Å². The number of benzene rings is 1. The first-order valence-electron chi connectivity index (χ1n) is 9.77. The van der Waals surface area contributed by atoms with Crippen LogP contribution in [0.15, 0.2) is 23.2 Å². The molecule has 1 aliphatic rings. The highest BCUT2D eigenvalue weighted by molar-refractivity contribution is 14.0. The Balaban J connectivity index is 0.00000392. The fourth-order valence-electron chi connectivity index (χ4n) is 3.23. The number of ether oxygens (including phenoxy) is 2. The highest BCUT2D eigenvalue weighted by Crippen LogP contribution is 2.30. The van der Waals surface area contributed by atoms with Crippen molar-refractivity contribution in [2.24, 2.45) is 4.99 Å². The van der Waals surface area contributed by atoms with E-state index in [9.17, 15) is 0 Å². The van der Waals surface area contributed by atoms with Crippen LogP contribution in [0.3, 0.4) is 0 Å². The zero-order valence-corrected chi connectivity index (χ0v) is 20.2. The number of rotatable bonds is 10. The van der Waals surface area contributed by atoms with Gasteiger partial charge in [-0.05, 0) is 49.6 Å². The van der Waals surface area contributed by atoms with Crippen LogP contribution in [0.4, 0.5) is 0 Å². The summed E-state index contributed by atoms with van der Waals surface area (Å²) in [4.78, 5) is 4.74. The van der Waals surface area contributed by atoms with Crippen molar-refractivity contribution in [3.8, 4) is 11.5 Å². The summed E-state index contributed by atoms with van der Waals surface area (Å²) in [6.45, 7) is 5.94. The number of halogens is 1. The molecule has 6 nitrogen and oxygen atoms in total. The van der Waals surface area contributed by atoms with E-state index in [0.29, 0.717) is 24.1 Å². The molecule has 1 aliphatic carbocycles. The molecule has 28 heavy (non-hydrogen) atoms. The van der Waals surface area contributed by atoms with Gasteiger partial charge in [0.1, 0.15) is 6.61 Å². The minimum atomic E-state index is -0.0221. The van der Waals surface area contributed by atoms with Crippen LogP contribution >= 0.6 is 35.7 Å². The van der Waals surface area contributed by atoms with E-state index < -0.39 is 0 Å². The predicted octanol–water partition coefficient (Wildman–Crippen LogP) is 3.41. The first kappa shape index (κ1) is 25.2. The van der Waals surface area contributed by atoms with Crippen LogP contribution in [-0.4, -0.2) is 55.0 Å². The largest absolute Gasteiger partial charge is 0.493 e. The van der Waals surface area contributed by atoms with Gasteiger partial charge in [0.15, 0.2) is 17.5 Å². The Morgan fingerprint density at radius 2 is 2.11 bits per heavy atom. The molecule has 1 fully saturated rings. The Morgan fingerprint density at radius 1 is 1.29 bits per heavy atom. The van der Waals surface area contributed by atoms with Gasteiger partial charge in [0.25, 0.3) is 0 Å². The molecule has 2 rings (SSSR count). The second kappa shape index (κ2) is 14.2. The Bertz CT molecular complexity index is 604. The lowest BCUT2D eigenvalue weighted by Gasteiger charge is -2.17. The van der Waals surface area contributed by atoms with Crippen molar-refractivity contribution < 1.29 is 14.6 Å². The summed E-state index contributed by atoms with van der Waals surface area (Å²) in [5, 5.41) is 16.6. The minimum Gasteiger partial charge on any atom is -0.493 e. The maximum absolute atomic E-state index is 8.91. The molecule has 2 unspecified atom stereocenters. The lowest BCUT2D eigenvalue weighted by molar-refractivity contribution is 0.196. The molecule has 0 amide bonds. The van der Waals surface area contributed by atoms with Gasteiger partial charge in [0, 0.05) is 17.8 Å². The topological polar surface area (TPSA) is 75.1 Å². The third-order valence-corrected chi connectivity index (χ3v) is 5.70. The van der Waals surface area contributed by atoms with Crippen LogP contribution in [-0.2, 0) is 6.54 Å². The van der Waals surface area contributed by atoms with Gasteiger partial charge in [-0.25, -0.2) is 4.99 Å². The van der Waals surface area contributed by atoms with Crippen molar-refractivity contribution in [3.05, 3.63) is 23.8 Å². The maximum Gasteiger partial charge on any atom is 0.191 e. The number of aliphatic hydroxyl groups is 1. The van der Waals surface area contributed by atoms with Crippen LogP contribution in [0.25, 0.3) is 0 Å². The fourth-order valence-corrected chi connectivity index (χ4v) is 4.37. The average Bonchev–Trinajstić information content (AvgIpc) is 3.12. The van der Waals surface area contributed by atoms with E-state index in [1.54, 1.807) is 7.11 Å². The monoisotopic (exact) mass is 523 g/mol. The lowest BCUT2D eigenvalue weighted by Crippen LogP contribution is -2.42. The zero-order chi connectivity index (χ0) is 19.5. The van der Waals surface area contributed by atoms with Gasteiger partial charge >= 0.3 is 0 Å². The number of aliphatic imine (C=N–C) groups is 1. The van der Waals surface area contributed by atoms with Crippen LogP contribution < -0.4 is 20.1 Å². The lowest BCUT2D eigenvalue weighted by atomic mass is 10.2. The summed E-state index contributed by atoms with van der Waals surface area (Å²) < 4.78 is 10.9. The van der Waals surface area contributed by atoms with Crippen molar-refractivity contribution >= 4 is 41.7 Å². The summed E-state index contributed by atoms with van der Waals surface area (Å²) in [5.41, 5.74) is 1.05. The molecule has 1 saturated carbocycles. The van der Waals surface area contributed by atoms with E-state index in [-0.39, 0.29) is 37.2 Å². The number of aliphatic hydroxyl groups excluding tert-OH is 1. The first-order chi connectivity index (χ1) is 13.2. The van der Waals surface area contributed by atoms with Crippen molar-refractivity contribution in [3.63, 3.8) is 0 Å². The first-order valence-corrected chi connectivity index (χ1v) is 10.8. The Labute approximate surface area is 190 Å². The molecule has 0 aromatic heterocycles. The fraction of sp³-hybridized carbons (Fsp3) is 0.650. The number of nitrogens with one attached hydrogen (secondary N) is 2. The third-order valence-electron chi connectivity index (χ3n) is 4.47. The van der Waals surface area contributed by atoms with Gasteiger partial charge in [-0.15, -0.1) is 24.0 Å². The molecule has 160 valence electrons. The molecule has 0 radical (unpaired) electrons. The van der Waals surface area contributed by atoms with E-state index in [4.69, 9.17) is 19.6 Å². The Kier molecular flexibility index (Phi) is 12.7. The molecule has 1 aromatic carbocycles. The van der Waals surface area contributed by atoms with E-state index in [0.717, 1.165) is 23.3 Å². The van der Waals surface area contributed by atoms with Gasteiger partial charge in [0.05, 0.1) is 20.3 Å². The van der Waals surface area contributed by atoms with Crippen LogP contribution in [0, 0.1) is 0 Å². The molecule has 1 aromatic rings. The number of nitrogens with zero attached hydrogens (tertiary/aromatic N) is 1. The highest BCUT2D eigenvalue weighted by atomic mass is 127. The Hall–Kier alpha value is -0.870. The Morgan fingerprint density at radius 3 is 2.79 bits per heavy atom. The summed E-state index contributed by atoms with van der Waals surface area (Å²) >= 11 is 2.06. The van der Waals surface area contributed by atoms with Gasteiger partial charge in [-0.1, -0.05) is 13.0 Å². The molecule has 0 saturated heterocycles. The second-order valence-corrected chi connectivity index (χ2v) is 8.06. The second-order valence-electron chi connectivity index (χ2n) is 6.48. The van der Waals surface area contributed by atoms with Gasteiger partial charge in [-0.3, -0.25) is 0 Å². The molecule has 3 N–H and O–H groups in total. The maximum atomic E-state index is 8.91. The SMILES string of the molecule is CCNC(=NCc1ccc(OCCO)c(OC)c1)NC1CCC(SCC)C1.I. The van der Waals surface area contributed by atoms with Gasteiger partial charge < -0.3 is 25.2 Å². The predicted molar refractivity (Wildman–Crippen MR) is 129 cm³/mol. The summed E-state index contributed by atoms with van der Waals surface area (Å²) in [5.74, 6) is 3.34. The zero-order valence-electron chi connectivity index (χ0n) is 17.1. The molecule has 0 bridgehead atoms. The molecule has 0 spiro atoms. The van der Waals surface area contributed by atoms with E-state index in [1.165, 1.54) is 25.0 Å². The average molecular weight is 523 g/mol. The molecular weight excluding hydrogens is 489 g/mol. The summed E-state index contributed by atoms with van der Waals surface area (Å²) in [6, 6.07) is 6.27. The number of hydrogen-bond acceptors (Lipinski definition) is 5. The third kappa shape index (κ3) is 8.24. The van der Waals surface area contributed by atoms with E-state index in [1.807, 2.05) is 18.2 Å². The molecule has 0 aliphatic heterocycles. The molecular formula is C20H34IN3O3S. The molecule has 8 heteroatoms. The van der Waals surface area contributed by atoms with Crippen molar-refractivity contribution in [2.45, 2.75) is 50.9 Å². The van der Waals surface area contributed by atoms with Crippen LogP contribution in [0.2, 0.25) is 0 Å². The number of methoxy groups -OCH3 is 1. The van der Waals surface area contributed by atoms with E-state index >= 15 is 0 Å². The van der Waals surface area contributed by atoms with Crippen molar-refractivity contribution in [1.29, 1.82) is 0 Å². The van der Waals surface area contributed by atoms with Gasteiger partial charge in [0.2, 0.25) is 0 Å².